The van der Waals surface area contributed by atoms with Crippen LogP contribution in [0.1, 0.15) is 5.56 Å². The molecule has 0 fully saturated rings. The van der Waals surface area contributed by atoms with Gasteiger partial charge >= 0.3 is 0 Å². The van der Waals surface area contributed by atoms with Gasteiger partial charge in [0.2, 0.25) is 0 Å². The molecule has 0 saturated heterocycles. The molecule has 0 aliphatic carbocycles. The number of fused-ring (bicyclic) bond motifs is 1. The van der Waals surface area contributed by atoms with Crippen molar-refractivity contribution >= 4 is 45.7 Å². The zero-order valence-electron chi connectivity index (χ0n) is 7.12. The first-order chi connectivity index (χ1) is 6.72. The SMILES string of the molecule is N#CCc1cc(S)c2scc(Cl)c2c1. The Morgan fingerprint density at radius 2 is 2.29 bits per heavy atom. The second kappa shape index (κ2) is 3.82. The number of rotatable bonds is 1. The number of hydrogen-bond donors (Lipinski definition) is 1. The Hall–Kier alpha value is -0.690. The fourth-order valence-corrected chi connectivity index (χ4v) is 2.95. The first-order valence-electron chi connectivity index (χ1n) is 3.98. The number of nitrogens with zero attached hydrogens (tertiary/aromatic N) is 1. The Bertz CT molecular complexity index is 525. The third-order valence-corrected chi connectivity index (χ3v) is 3.93. The molecule has 0 aliphatic rings. The van der Waals surface area contributed by atoms with Gasteiger partial charge in [0.15, 0.2) is 0 Å². The summed E-state index contributed by atoms with van der Waals surface area (Å²) in [6, 6.07) is 5.99. The summed E-state index contributed by atoms with van der Waals surface area (Å²) in [6.07, 6.45) is 0.398. The number of hydrogen-bond acceptors (Lipinski definition) is 3. The summed E-state index contributed by atoms with van der Waals surface area (Å²) in [6.45, 7) is 0. The van der Waals surface area contributed by atoms with E-state index in [4.69, 9.17) is 16.9 Å². The van der Waals surface area contributed by atoms with Crippen LogP contribution in [0.15, 0.2) is 22.4 Å². The lowest BCUT2D eigenvalue weighted by Gasteiger charge is -1.99. The van der Waals surface area contributed by atoms with Crippen molar-refractivity contribution in [2.45, 2.75) is 11.3 Å². The predicted molar refractivity (Wildman–Crippen MR) is 63.4 cm³/mol. The summed E-state index contributed by atoms with van der Waals surface area (Å²) < 4.78 is 1.08. The van der Waals surface area contributed by atoms with Gasteiger partial charge in [-0.2, -0.15) is 5.26 Å². The fourth-order valence-electron chi connectivity index (χ4n) is 1.34. The zero-order chi connectivity index (χ0) is 10.1. The van der Waals surface area contributed by atoms with Crippen molar-refractivity contribution in [3.63, 3.8) is 0 Å². The van der Waals surface area contributed by atoms with Crippen LogP contribution in [-0.4, -0.2) is 0 Å². The first kappa shape index (κ1) is 9.85. The monoisotopic (exact) mass is 239 g/mol. The molecular formula is C10H6ClNS2. The van der Waals surface area contributed by atoms with Crippen LogP contribution in [-0.2, 0) is 6.42 Å². The topological polar surface area (TPSA) is 23.8 Å². The van der Waals surface area contributed by atoms with Crippen molar-refractivity contribution < 1.29 is 0 Å². The maximum Gasteiger partial charge on any atom is 0.0669 e. The molecule has 0 spiro atoms. The van der Waals surface area contributed by atoms with E-state index in [9.17, 15) is 0 Å². The highest BCUT2D eigenvalue weighted by molar-refractivity contribution is 7.80. The molecule has 0 unspecified atom stereocenters. The summed E-state index contributed by atoms with van der Waals surface area (Å²) in [7, 11) is 0. The van der Waals surface area contributed by atoms with Crippen molar-refractivity contribution in [2.75, 3.05) is 0 Å². The van der Waals surface area contributed by atoms with E-state index in [2.05, 4.69) is 18.7 Å². The van der Waals surface area contributed by atoms with Crippen LogP contribution in [0.3, 0.4) is 0 Å². The van der Waals surface area contributed by atoms with E-state index >= 15 is 0 Å². The number of benzene rings is 1. The molecule has 4 heteroatoms. The van der Waals surface area contributed by atoms with Gasteiger partial charge in [0.05, 0.1) is 17.5 Å². The van der Waals surface area contributed by atoms with Crippen molar-refractivity contribution in [1.29, 1.82) is 5.26 Å². The standard InChI is InChI=1S/C10H6ClNS2/c11-8-5-14-10-7(8)3-6(1-2-12)4-9(10)13/h3-5,13H,1H2. The Morgan fingerprint density at radius 3 is 3.00 bits per heavy atom. The number of halogens is 1. The van der Waals surface area contributed by atoms with Gasteiger partial charge in [-0.1, -0.05) is 11.6 Å². The van der Waals surface area contributed by atoms with Crippen LogP contribution in [0.5, 0.6) is 0 Å². The van der Waals surface area contributed by atoms with Gasteiger partial charge in [0.1, 0.15) is 0 Å². The van der Waals surface area contributed by atoms with Gasteiger partial charge in [0.25, 0.3) is 0 Å². The van der Waals surface area contributed by atoms with E-state index in [1.54, 1.807) is 11.3 Å². The van der Waals surface area contributed by atoms with Crippen LogP contribution in [0.25, 0.3) is 10.1 Å². The minimum atomic E-state index is 0.398. The maximum atomic E-state index is 8.60. The number of thiophene rings is 1. The molecule has 0 saturated carbocycles. The average Bonchev–Trinajstić information content (AvgIpc) is 2.49. The number of nitriles is 1. The van der Waals surface area contributed by atoms with Crippen LogP contribution < -0.4 is 0 Å². The van der Waals surface area contributed by atoms with E-state index in [0.29, 0.717) is 6.42 Å². The van der Waals surface area contributed by atoms with Gasteiger partial charge in [-0.3, -0.25) is 0 Å². The van der Waals surface area contributed by atoms with Crippen LogP contribution in [0.4, 0.5) is 0 Å². The minimum Gasteiger partial charge on any atom is -0.198 e. The quantitative estimate of drug-likeness (QED) is 0.750. The molecule has 1 aromatic heterocycles. The normalized spacial score (nSPS) is 10.4. The second-order valence-corrected chi connectivity index (χ2v) is 4.68. The van der Waals surface area contributed by atoms with Crippen molar-refractivity contribution in [3.05, 3.63) is 28.1 Å². The van der Waals surface area contributed by atoms with Crippen LogP contribution in [0, 0.1) is 11.3 Å². The third kappa shape index (κ3) is 1.61. The first-order valence-corrected chi connectivity index (χ1v) is 5.68. The molecule has 2 rings (SSSR count). The lowest BCUT2D eigenvalue weighted by Crippen LogP contribution is -1.81. The van der Waals surface area contributed by atoms with Crippen LogP contribution in [0.2, 0.25) is 5.02 Å². The van der Waals surface area contributed by atoms with E-state index in [1.807, 2.05) is 17.5 Å². The molecule has 1 heterocycles. The van der Waals surface area contributed by atoms with Gasteiger partial charge in [-0.05, 0) is 17.7 Å². The summed E-state index contributed by atoms with van der Waals surface area (Å²) in [4.78, 5) is 0.893. The molecule has 1 nitrogen and oxygen atoms in total. The van der Waals surface area contributed by atoms with Gasteiger partial charge in [-0.15, -0.1) is 24.0 Å². The summed E-state index contributed by atoms with van der Waals surface area (Å²) in [5, 5.41) is 12.2. The smallest absolute Gasteiger partial charge is 0.0669 e. The third-order valence-electron chi connectivity index (χ3n) is 1.95. The predicted octanol–water partition coefficient (Wildman–Crippen LogP) is 3.91. The Labute approximate surface area is 96.3 Å². The van der Waals surface area contributed by atoms with Crippen molar-refractivity contribution in [3.8, 4) is 6.07 Å². The molecule has 14 heavy (non-hydrogen) atoms. The highest BCUT2D eigenvalue weighted by Crippen LogP contribution is 2.35. The largest absolute Gasteiger partial charge is 0.198 e. The molecule has 2 aromatic rings. The lowest BCUT2D eigenvalue weighted by atomic mass is 10.1. The van der Waals surface area contributed by atoms with Gasteiger partial charge < -0.3 is 0 Å². The highest BCUT2D eigenvalue weighted by atomic mass is 35.5. The van der Waals surface area contributed by atoms with Crippen molar-refractivity contribution in [2.24, 2.45) is 0 Å². The van der Waals surface area contributed by atoms with E-state index in [1.165, 1.54) is 0 Å². The Balaban J connectivity index is 2.70. The average molecular weight is 240 g/mol. The summed E-state index contributed by atoms with van der Waals surface area (Å²) >= 11 is 12.0. The molecule has 0 atom stereocenters. The molecule has 70 valence electrons. The fraction of sp³-hybridized carbons (Fsp3) is 0.100. The lowest BCUT2D eigenvalue weighted by molar-refractivity contribution is 1.25. The Morgan fingerprint density at radius 1 is 1.50 bits per heavy atom. The second-order valence-electron chi connectivity index (χ2n) is 2.91. The zero-order valence-corrected chi connectivity index (χ0v) is 9.59. The van der Waals surface area contributed by atoms with E-state index in [-0.39, 0.29) is 0 Å². The molecular weight excluding hydrogens is 234 g/mol. The molecule has 0 radical (unpaired) electrons. The van der Waals surface area contributed by atoms with Crippen LogP contribution >= 0.6 is 35.6 Å². The van der Waals surface area contributed by atoms with Gasteiger partial charge in [0, 0.05) is 20.4 Å². The van der Waals surface area contributed by atoms with E-state index < -0.39 is 0 Å². The minimum absolute atomic E-state index is 0.398. The molecule has 0 N–H and O–H groups in total. The Kier molecular flexibility index (Phi) is 2.69. The molecule has 0 amide bonds. The molecule has 1 aromatic carbocycles. The summed E-state index contributed by atoms with van der Waals surface area (Å²) in [5.41, 5.74) is 0.963. The highest BCUT2D eigenvalue weighted by Gasteiger charge is 2.06. The maximum absolute atomic E-state index is 8.60. The number of thiol groups is 1. The van der Waals surface area contributed by atoms with Gasteiger partial charge in [-0.25, -0.2) is 0 Å². The molecule has 0 aliphatic heterocycles. The summed E-state index contributed by atoms with van der Waals surface area (Å²) in [5.74, 6) is 0. The van der Waals surface area contributed by atoms with E-state index in [0.717, 1.165) is 25.6 Å². The van der Waals surface area contributed by atoms with Crippen molar-refractivity contribution in [1.82, 2.24) is 0 Å². The molecule has 0 bridgehead atoms.